The maximum Gasteiger partial charge on any atom is 0.422 e. The number of fused-ring (bicyclic) bond motifs is 1. The van der Waals surface area contributed by atoms with E-state index >= 15 is 0 Å². The minimum absolute atomic E-state index is 0.0186. The van der Waals surface area contributed by atoms with E-state index in [1.54, 1.807) is 12.1 Å². The summed E-state index contributed by atoms with van der Waals surface area (Å²) in [6.07, 6.45) is -4.37. The van der Waals surface area contributed by atoms with Gasteiger partial charge in [-0.15, -0.1) is 0 Å². The Labute approximate surface area is 132 Å². The third-order valence-corrected chi connectivity index (χ3v) is 3.56. The number of rotatable bonds is 4. The molecule has 2 aromatic rings. The zero-order valence-electron chi connectivity index (χ0n) is 12.5. The first-order chi connectivity index (χ1) is 10.9. The molecule has 3 rings (SSSR count). The zero-order chi connectivity index (χ0) is 16.4. The largest absolute Gasteiger partial charge is 0.468 e. The standard InChI is InChI=1S/C16H16F3N3O/c1-21-9-12-5-2-3-7-14(12)22(21)10-13-6-4-8-15(20-13)23-11-16(17,18)19/h2-8H,9-11H2,1H3. The summed E-state index contributed by atoms with van der Waals surface area (Å²) < 4.78 is 41.4. The van der Waals surface area contributed by atoms with Crippen molar-refractivity contribution in [2.75, 3.05) is 18.7 Å². The van der Waals surface area contributed by atoms with Gasteiger partial charge in [0, 0.05) is 19.7 Å². The number of para-hydroxylation sites is 1. The van der Waals surface area contributed by atoms with Crippen LogP contribution in [0.4, 0.5) is 18.9 Å². The number of benzene rings is 1. The highest BCUT2D eigenvalue weighted by Gasteiger charge is 2.29. The highest BCUT2D eigenvalue weighted by atomic mass is 19.4. The summed E-state index contributed by atoms with van der Waals surface area (Å²) >= 11 is 0. The average molecular weight is 323 g/mol. The molecule has 0 radical (unpaired) electrons. The fraction of sp³-hybridized carbons (Fsp3) is 0.312. The van der Waals surface area contributed by atoms with Crippen LogP contribution >= 0.6 is 0 Å². The number of hydrogen-bond donors (Lipinski definition) is 0. The second kappa shape index (κ2) is 6.08. The number of hydrazine groups is 1. The van der Waals surface area contributed by atoms with Gasteiger partial charge in [0.2, 0.25) is 5.88 Å². The number of ether oxygens (including phenoxy) is 1. The Bertz CT molecular complexity index is 690. The molecule has 0 spiro atoms. The predicted molar refractivity (Wildman–Crippen MR) is 79.9 cm³/mol. The molecule has 1 aromatic heterocycles. The molecule has 7 heteroatoms. The van der Waals surface area contributed by atoms with E-state index in [9.17, 15) is 13.2 Å². The Balaban J connectivity index is 1.73. The topological polar surface area (TPSA) is 28.6 Å². The maximum atomic E-state index is 12.2. The van der Waals surface area contributed by atoms with E-state index in [-0.39, 0.29) is 5.88 Å². The maximum absolute atomic E-state index is 12.2. The lowest BCUT2D eigenvalue weighted by molar-refractivity contribution is -0.154. The molecule has 0 fully saturated rings. The number of alkyl halides is 3. The Kier molecular flexibility index (Phi) is 4.12. The molecule has 0 aliphatic carbocycles. The van der Waals surface area contributed by atoms with Crippen molar-refractivity contribution in [2.24, 2.45) is 0 Å². The molecule has 1 aliphatic rings. The normalized spacial score (nSPS) is 14.9. The van der Waals surface area contributed by atoms with Gasteiger partial charge in [0.05, 0.1) is 17.9 Å². The number of halogens is 3. The summed E-state index contributed by atoms with van der Waals surface area (Å²) in [7, 11) is 1.96. The molecule has 0 saturated carbocycles. The van der Waals surface area contributed by atoms with Crippen LogP contribution in [-0.2, 0) is 13.1 Å². The minimum Gasteiger partial charge on any atom is -0.468 e. The van der Waals surface area contributed by atoms with Crippen LogP contribution in [0.15, 0.2) is 42.5 Å². The van der Waals surface area contributed by atoms with Crippen LogP contribution in [0, 0.1) is 0 Å². The van der Waals surface area contributed by atoms with Crippen LogP contribution in [0.3, 0.4) is 0 Å². The number of pyridine rings is 1. The van der Waals surface area contributed by atoms with Crippen molar-refractivity contribution >= 4 is 5.69 Å². The van der Waals surface area contributed by atoms with Crippen molar-refractivity contribution in [1.82, 2.24) is 9.99 Å². The minimum atomic E-state index is -4.37. The van der Waals surface area contributed by atoms with Crippen molar-refractivity contribution in [3.8, 4) is 5.88 Å². The summed E-state index contributed by atoms with van der Waals surface area (Å²) in [6, 6.07) is 12.9. The number of aromatic nitrogens is 1. The van der Waals surface area contributed by atoms with Crippen LogP contribution < -0.4 is 9.75 Å². The van der Waals surface area contributed by atoms with Gasteiger partial charge in [-0.1, -0.05) is 24.3 Å². The van der Waals surface area contributed by atoms with Gasteiger partial charge >= 0.3 is 6.18 Å². The van der Waals surface area contributed by atoms with Crippen molar-refractivity contribution in [3.63, 3.8) is 0 Å². The van der Waals surface area contributed by atoms with E-state index in [0.29, 0.717) is 12.2 Å². The molecular formula is C16H16F3N3O. The molecule has 23 heavy (non-hydrogen) atoms. The molecule has 0 atom stereocenters. The van der Waals surface area contributed by atoms with Gasteiger partial charge in [-0.05, 0) is 17.7 Å². The summed E-state index contributed by atoms with van der Waals surface area (Å²) in [4.78, 5) is 4.16. The molecule has 4 nitrogen and oxygen atoms in total. The monoisotopic (exact) mass is 323 g/mol. The number of hydrogen-bond acceptors (Lipinski definition) is 4. The lowest BCUT2D eigenvalue weighted by atomic mass is 10.2. The van der Waals surface area contributed by atoms with Crippen molar-refractivity contribution in [1.29, 1.82) is 0 Å². The summed E-state index contributed by atoms with van der Waals surface area (Å²) in [5.41, 5.74) is 2.94. The Morgan fingerprint density at radius 1 is 1.13 bits per heavy atom. The second-order valence-electron chi connectivity index (χ2n) is 5.37. The molecular weight excluding hydrogens is 307 g/mol. The summed E-state index contributed by atoms with van der Waals surface area (Å²) in [6.45, 7) is -0.0763. The molecule has 0 amide bonds. The predicted octanol–water partition coefficient (Wildman–Crippen LogP) is 3.39. The van der Waals surface area contributed by atoms with Crippen LogP contribution in [0.25, 0.3) is 0 Å². The van der Waals surface area contributed by atoms with Gasteiger partial charge in [0.1, 0.15) is 0 Å². The molecule has 122 valence electrons. The fourth-order valence-corrected chi connectivity index (χ4v) is 2.55. The first kappa shape index (κ1) is 15.6. The van der Waals surface area contributed by atoms with Gasteiger partial charge in [-0.2, -0.15) is 13.2 Å². The number of nitrogens with zero attached hydrogens (tertiary/aromatic N) is 3. The zero-order valence-corrected chi connectivity index (χ0v) is 12.5. The van der Waals surface area contributed by atoms with E-state index in [4.69, 9.17) is 4.74 Å². The fourth-order valence-electron chi connectivity index (χ4n) is 2.55. The van der Waals surface area contributed by atoms with E-state index in [1.807, 2.05) is 30.3 Å². The lowest BCUT2D eigenvalue weighted by Gasteiger charge is -2.26. The second-order valence-corrected chi connectivity index (χ2v) is 5.37. The first-order valence-electron chi connectivity index (χ1n) is 7.14. The quantitative estimate of drug-likeness (QED) is 0.862. The number of anilines is 1. The van der Waals surface area contributed by atoms with Gasteiger partial charge in [-0.3, -0.25) is 5.01 Å². The molecule has 1 aromatic carbocycles. The SMILES string of the molecule is CN1Cc2ccccc2N1Cc1cccc(OCC(F)(F)F)n1. The molecule has 1 aliphatic heterocycles. The van der Waals surface area contributed by atoms with Crippen LogP contribution in [0.1, 0.15) is 11.3 Å². The Morgan fingerprint density at radius 2 is 1.91 bits per heavy atom. The smallest absolute Gasteiger partial charge is 0.422 e. The van der Waals surface area contributed by atoms with E-state index < -0.39 is 12.8 Å². The van der Waals surface area contributed by atoms with Crippen molar-refractivity contribution in [2.45, 2.75) is 19.3 Å². The third kappa shape index (κ3) is 3.73. The van der Waals surface area contributed by atoms with E-state index in [0.717, 1.165) is 12.2 Å². The van der Waals surface area contributed by atoms with Crippen LogP contribution in [0.2, 0.25) is 0 Å². The molecule has 0 bridgehead atoms. The van der Waals surface area contributed by atoms with Gasteiger partial charge in [-0.25, -0.2) is 9.99 Å². The van der Waals surface area contributed by atoms with Crippen LogP contribution in [0.5, 0.6) is 5.88 Å². The molecule has 0 N–H and O–H groups in total. The first-order valence-corrected chi connectivity index (χ1v) is 7.14. The molecule has 0 unspecified atom stereocenters. The average Bonchev–Trinajstić information content (AvgIpc) is 2.81. The van der Waals surface area contributed by atoms with Crippen molar-refractivity contribution in [3.05, 3.63) is 53.7 Å². The third-order valence-electron chi connectivity index (χ3n) is 3.56. The van der Waals surface area contributed by atoms with Crippen LogP contribution in [-0.4, -0.2) is 29.8 Å². The summed E-state index contributed by atoms with van der Waals surface area (Å²) in [5, 5.41) is 4.10. The Hall–Kier alpha value is -2.28. The molecule has 2 heterocycles. The van der Waals surface area contributed by atoms with Crippen molar-refractivity contribution < 1.29 is 17.9 Å². The lowest BCUT2D eigenvalue weighted by Crippen LogP contribution is -2.33. The van der Waals surface area contributed by atoms with Gasteiger partial charge in [0.25, 0.3) is 0 Å². The highest BCUT2D eigenvalue weighted by Crippen LogP contribution is 2.31. The van der Waals surface area contributed by atoms with E-state index in [2.05, 4.69) is 16.1 Å². The molecule has 0 saturated heterocycles. The Morgan fingerprint density at radius 3 is 2.70 bits per heavy atom. The van der Waals surface area contributed by atoms with Gasteiger partial charge in [0.15, 0.2) is 6.61 Å². The van der Waals surface area contributed by atoms with Gasteiger partial charge < -0.3 is 4.74 Å². The highest BCUT2D eigenvalue weighted by molar-refractivity contribution is 5.56. The summed E-state index contributed by atoms with van der Waals surface area (Å²) in [5.74, 6) is -0.0186. The van der Waals surface area contributed by atoms with E-state index in [1.165, 1.54) is 11.6 Å².